The molecule has 0 bridgehead atoms. The lowest BCUT2D eigenvalue weighted by Gasteiger charge is -2.08. The van der Waals surface area contributed by atoms with Gasteiger partial charge in [0, 0.05) is 33.2 Å². The fraction of sp³-hybridized carbons (Fsp3) is 0. The molecule has 5 heteroatoms. The quantitative estimate of drug-likeness (QED) is 0.483. The molecular formula is C15H12N4O. The Kier molecular flexibility index (Phi) is 2.20. The molecule has 4 rings (SSSR count). The molecule has 4 aromatic rings. The Bertz CT molecular complexity index is 906. The van der Waals surface area contributed by atoms with Gasteiger partial charge in [0.25, 0.3) is 0 Å². The minimum atomic E-state index is 0.713. The Morgan fingerprint density at radius 1 is 1.10 bits per heavy atom. The first-order valence-corrected chi connectivity index (χ1v) is 6.26. The van der Waals surface area contributed by atoms with Crippen molar-refractivity contribution in [2.45, 2.75) is 0 Å². The summed E-state index contributed by atoms with van der Waals surface area (Å²) < 4.78 is 5.25. The molecule has 5 nitrogen and oxygen atoms in total. The highest BCUT2D eigenvalue weighted by atomic mass is 16.3. The van der Waals surface area contributed by atoms with Gasteiger partial charge >= 0.3 is 0 Å². The fourth-order valence-corrected chi connectivity index (χ4v) is 2.37. The van der Waals surface area contributed by atoms with Crippen LogP contribution in [0.5, 0.6) is 0 Å². The van der Waals surface area contributed by atoms with Crippen LogP contribution in [0, 0.1) is 0 Å². The second-order valence-corrected chi connectivity index (χ2v) is 4.70. The van der Waals surface area contributed by atoms with Gasteiger partial charge in [-0.1, -0.05) is 0 Å². The molecule has 0 atom stereocenters. The third-order valence-corrected chi connectivity index (χ3v) is 3.41. The van der Waals surface area contributed by atoms with Crippen molar-refractivity contribution in [3.05, 3.63) is 49.1 Å². The second kappa shape index (κ2) is 4.03. The van der Waals surface area contributed by atoms with E-state index in [1.807, 2.05) is 30.3 Å². The predicted molar refractivity (Wildman–Crippen MR) is 80.0 cm³/mol. The zero-order chi connectivity index (χ0) is 13.5. The van der Waals surface area contributed by atoms with Crippen LogP contribution in [0.2, 0.25) is 0 Å². The van der Waals surface area contributed by atoms with E-state index in [4.69, 9.17) is 10.2 Å². The van der Waals surface area contributed by atoms with Crippen LogP contribution in [0.4, 0.5) is 17.1 Å². The summed E-state index contributed by atoms with van der Waals surface area (Å²) in [4.78, 5) is 0. The lowest BCUT2D eigenvalue weighted by atomic mass is 10.1. The highest BCUT2D eigenvalue weighted by molar-refractivity contribution is 6.01. The molecule has 0 amide bonds. The zero-order valence-electron chi connectivity index (χ0n) is 10.6. The number of rotatable bonds is 2. The largest absolute Gasteiger partial charge is 0.471 e. The molecule has 0 aliphatic rings. The average Bonchev–Trinajstić information content (AvgIpc) is 3.10. The maximum Gasteiger partial charge on any atom is 0.100 e. The Morgan fingerprint density at radius 2 is 2.00 bits per heavy atom. The number of nitrogens with one attached hydrogen (secondary N) is 2. The van der Waals surface area contributed by atoms with E-state index in [9.17, 15) is 0 Å². The van der Waals surface area contributed by atoms with Crippen molar-refractivity contribution < 1.29 is 4.42 Å². The summed E-state index contributed by atoms with van der Waals surface area (Å²) in [7, 11) is 0. The number of hydrogen-bond donors (Lipinski definition) is 3. The summed E-state index contributed by atoms with van der Waals surface area (Å²) in [6, 6.07) is 9.86. The van der Waals surface area contributed by atoms with Gasteiger partial charge < -0.3 is 15.5 Å². The monoisotopic (exact) mass is 264 g/mol. The number of benzene rings is 2. The molecule has 0 aliphatic heterocycles. The van der Waals surface area contributed by atoms with Crippen molar-refractivity contribution in [1.82, 2.24) is 10.2 Å². The molecular weight excluding hydrogens is 252 g/mol. The summed E-state index contributed by atoms with van der Waals surface area (Å²) >= 11 is 0. The third kappa shape index (κ3) is 1.60. The lowest BCUT2D eigenvalue weighted by Crippen LogP contribution is -1.92. The number of H-pyrrole nitrogens is 1. The van der Waals surface area contributed by atoms with Gasteiger partial charge in [0.2, 0.25) is 0 Å². The standard InChI is InChI=1S/C15H12N4O/c16-13-2-4-15(12-8-20-7-11(12)13)18-10-1-3-14-9(5-10)6-17-19-14/h1-8,18H,16H2,(H,17,19). The minimum absolute atomic E-state index is 0.713. The van der Waals surface area contributed by atoms with E-state index in [0.717, 1.165) is 33.1 Å². The van der Waals surface area contributed by atoms with Crippen molar-refractivity contribution in [3.8, 4) is 0 Å². The van der Waals surface area contributed by atoms with Crippen LogP contribution >= 0.6 is 0 Å². The molecule has 98 valence electrons. The number of nitrogens with zero attached hydrogens (tertiary/aromatic N) is 1. The summed E-state index contributed by atoms with van der Waals surface area (Å²) in [6.45, 7) is 0. The van der Waals surface area contributed by atoms with Gasteiger partial charge in [0.1, 0.15) is 12.5 Å². The van der Waals surface area contributed by atoms with Crippen LogP contribution in [-0.2, 0) is 0 Å². The molecule has 0 saturated carbocycles. The van der Waals surface area contributed by atoms with E-state index in [2.05, 4.69) is 15.5 Å². The van der Waals surface area contributed by atoms with Gasteiger partial charge in [-0.15, -0.1) is 0 Å². The van der Waals surface area contributed by atoms with Crippen LogP contribution in [0.3, 0.4) is 0 Å². The van der Waals surface area contributed by atoms with Gasteiger partial charge in [-0.3, -0.25) is 5.10 Å². The minimum Gasteiger partial charge on any atom is -0.471 e. The summed E-state index contributed by atoms with van der Waals surface area (Å²) in [5, 5.41) is 13.3. The second-order valence-electron chi connectivity index (χ2n) is 4.70. The van der Waals surface area contributed by atoms with Crippen molar-refractivity contribution in [2.75, 3.05) is 11.1 Å². The molecule has 2 heterocycles. The first-order valence-electron chi connectivity index (χ1n) is 6.26. The molecule has 0 saturated heterocycles. The lowest BCUT2D eigenvalue weighted by molar-refractivity contribution is 0.572. The topological polar surface area (TPSA) is 79.9 Å². The normalized spacial score (nSPS) is 11.2. The molecule has 0 radical (unpaired) electrons. The van der Waals surface area contributed by atoms with E-state index in [1.165, 1.54) is 0 Å². The van der Waals surface area contributed by atoms with E-state index in [1.54, 1.807) is 18.7 Å². The fourth-order valence-electron chi connectivity index (χ4n) is 2.37. The predicted octanol–water partition coefficient (Wildman–Crippen LogP) is 3.63. The molecule has 2 aromatic carbocycles. The van der Waals surface area contributed by atoms with Gasteiger partial charge in [-0.2, -0.15) is 5.10 Å². The number of aromatic amines is 1. The first-order chi connectivity index (χ1) is 9.81. The average molecular weight is 264 g/mol. The smallest absolute Gasteiger partial charge is 0.100 e. The Labute approximate surface area is 114 Å². The van der Waals surface area contributed by atoms with Crippen LogP contribution in [0.1, 0.15) is 0 Å². The number of anilines is 3. The Morgan fingerprint density at radius 3 is 2.95 bits per heavy atom. The number of furan rings is 1. The number of nitrogen functional groups attached to an aromatic ring is 1. The number of fused-ring (bicyclic) bond motifs is 2. The number of hydrogen-bond acceptors (Lipinski definition) is 4. The van der Waals surface area contributed by atoms with E-state index in [-0.39, 0.29) is 0 Å². The van der Waals surface area contributed by atoms with Crippen molar-refractivity contribution in [2.24, 2.45) is 0 Å². The summed E-state index contributed by atoms with van der Waals surface area (Å²) in [5.74, 6) is 0. The van der Waals surface area contributed by atoms with Gasteiger partial charge in [0.05, 0.1) is 11.7 Å². The molecule has 0 aliphatic carbocycles. The number of aromatic nitrogens is 2. The summed E-state index contributed by atoms with van der Waals surface area (Å²) in [6.07, 6.45) is 5.16. The van der Waals surface area contributed by atoms with Crippen molar-refractivity contribution in [3.63, 3.8) is 0 Å². The van der Waals surface area contributed by atoms with Crippen LogP contribution in [-0.4, -0.2) is 10.2 Å². The SMILES string of the molecule is Nc1ccc(Nc2ccc3[nH]ncc3c2)c2cocc12. The maximum atomic E-state index is 5.92. The van der Waals surface area contributed by atoms with E-state index >= 15 is 0 Å². The Hall–Kier alpha value is -2.95. The van der Waals surface area contributed by atoms with Gasteiger partial charge in [-0.25, -0.2) is 0 Å². The van der Waals surface area contributed by atoms with E-state index < -0.39 is 0 Å². The third-order valence-electron chi connectivity index (χ3n) is 3.41. The van der Waals surface area contributed by atoms with Crippen LogP contribution in [0.25, 0.3) is 21.7 Å². The molecule has 2 aromatic heterocycles. The van der Waals surface area contributed by atoms with Gasteiger partial charge in [0.15, 0.2) is 0 Å². The highest BCUT2D eigenvalue weighted by Gasteiger charge is 2.07. The molecule has 0 spiro atoms. The van der Waals surface area contributed by atoms with Crippen LogP contribution in [0.15, 0.2) is 53.5 Å². The maximum absolute atomic E-state index is 5.92. The molecule has 0 unspecified atom stereocenters. The first kappa shape index (κ1) is 10.9. The van der Waals surface area contributed by atoms with Gasteiger partial charge in [-0.05, 0) is 30.3 Å². The molecule has 4 N–H and O–H groups in total. The Balaban J connectivity index is 1.80. The zero-order valence-corrected chi connectivity index (χ0v) is 10.6. The summed E-state index contributed by atoms with van der Waals surface area (Å²) in [5.41, 5.74) is 9.61. The molecule has 0 fully saturated rings. The van der Waals surface area contributed by atoms with Crippen molar-refractivity contribution in [1.29, 1.82) is 0 Å². The van der Waals surface area contributed by atoms with Crippen LogP contribution < -0.4 is 11.1 Å². The number of nitrogens with two attached hydrogens (primary N) is 1. The van der Waals surface area contributed by atoms with Crippen molar-refractivity contribution >= 4 is 38.7 Å². The molecule has 20 heavy (non-hydrogen) atoms. The van der Waals surface area contributed by atoms with E-state index in [0.29, 0.717) is 5.69 Å². The highest BCUT2D eigenvalue weighted by Crippen LogP contribution is 2.31.